The Labute approximate surface area is 70.6 Å². The standard InChI is InChI=1S/C8H11NO3/c1-12-9-5-6-7(10)3-2-4-8(6)11/h5-6H,2-4H2,1H3/b9-5+. The summed E-state index contributed by atoms with van der Waals surface area (Å²) >= 11 is 0. The average Bonchev–Trinajstić information content (AvgIpc) is 2.04. The number of carbonyl (C=O) groups excluding carboxylic acids is 2. The van der Waals surface area contributed by atoms with E-state index in [0.717, 1.165) is 0 Å². The topological polar surface area (TPSA) is 55.7 Å². The number of hydrogen-bond acceptors (Lipinski definition) is 4. The second-order valence-electron chi connectivity index (χ2n) is 2.70. The SMILES string of the molecule is CO/N=C/C1C(=O)CCCC1=O. The number of nitrogens with zero attached hydrogens (tertiary/aromatic N) is 1. The molecule has 1 rings (SSSR count). The van der Waals surface area contributed by atoms with Crippen LogP contribution in [0.1, 0.15) is 19.3 Å². The van der Waals surface area contributed by atoms with Gasteiger partial charge in [-0.2, -0.15) is 0 Å². The van der Waals surface area contributed by atoms with Gasteiger partial charge in [-0.1, -0.05) is 5.16 Å². The number of ketones is 2. The van der Waals surface area contributed by atoms with E-state index in [-0.39, 0.29) is 11.6 Å². The summed E-state index contributed by atoms with van der Waals surface area (Å²) in [5.41, 5.74) is 0. The molecule has 0 saturated heterocycles. The van der Waals surface area contributed by atoms with Gasteiger partial charge in [-0.3, -0.25) is 9.59 Å². The van der Waals surface area contributed by atoms with Crippen LogP contribution in [0, 0.1) is 5.92 Å². The van der Waals surface area contributed by atoms with Crippen LogP contribution in [0.5, 0.6) is 0 Å². The molecule has 0 aliphatic heterocycles. The summed E-state index contributed by atoms with van der Waals surface area (Å²) in [5.74, 6) is -0.752. The summed E-state index contributed by atoms with van der Waals surface area (Å²) in [5, 5.41) is 3.43. The Morgan fingerprint density at radius 1 is 1.42 bits per heavy atom. The highest BCUT2D eigenvalue weighted by Crippen LogP contribution is 2.15. The van der Waals surface area contributed by atoms with Crippen LogP contribution in [0.3, 0.4) is 0 Å². The molecule has 66 valence electrons. The molecule has 0 bridgehead atoms. The van der Waals surface area contributed by atoms with Crippen molar-refractivity contribution in [2.24, 2.45) is 11.1 Å². The van der Waals surface area contributed by atoms with E-state index in [9.17, 15) is 9.59 Å². The summed E-state index contributed by atoms with van der Waals surface area (Å²) < 4.78 is 0. The maximum Gasteiger partial charge on any atom is 0.148 e. The van der Waals surface area contributed by atoms with E-state index in [1.165, 1.54) is 13.3 Å². The van der Waals surface area contributed by atoms with E-state index in [1.54, 1.807) is 0 Å². The normalized spacial score (nSPS) is 20.4. The molecule has 0 spiro atoms. The van der Waals surface area contributed by atoms with Crippen LogP contribution in [0.15, 0.2) is 5.16 Å². The second kappa shape index (κ2) is 3.99. The van der Waals surface area contributed by atoms with E-state index in [4.69, 9.17) is 0 Å². The van der Waals surface area contributed by atoms with Crippen molar-refractivity contribution in [3.8, 4) is 0 Å². The van der Waals surface area contributed by atoms with Crippen molar-refractivity contribution < 1.29 is 14.4 Å². The Kier molecular flexibility index (Phi) is 2.96. The van der Waals surface area contributed by atoms with Gasteiger partial charge in [0.1, 0.15) is 24.6 Å². The number of carbonyl (C=O) groups is 2. The van der Waals surface area contributed by atoms with Crippen LogP contribution in [-0.4, -0.2) is 24.9 Å². The number of hydrogen-bond donors (Lipinski definition) is 0. The van der Waals surface area contributed by atoms with E-state index >= 15 is 0 Å². The third-order valence-electron chi connectivity index (χ3n) is 1.86. The van der Waals surface area contributed by atoms with Crippen LogP contribution in [0.4, 0.5) is 0 Å². The molecule has 0 unspecified atom stereocenters. The van der Waals surface area contributed by atoms with Crippen LogP contribution < -0.4 is 0 Å². The Morgan fingerprint density at radius 2 is 2.00 bits per heavy atom. The lowest BCUT2D eigenvalue weighted by atomic mass is 9.88. The van der Waals surface area contributed by atoms with E-state index in [0.29, 0.717) is 19.3 Å². The lowest BCUT2D eigenvalue weighted by molar-refractivity contribution is -0.132. The minimum Gasteiger partial charge on any atom is -0.399 e. The quantitative estimate of drug-likeness (QED) is 0.344. The Balaban J connectivity index is 2.63. The Morgan fingerprint density at radius 3 is 2.50 bits per heavy atom. The molecule has 1 aliphatic rings. The van der Waals surface area contributed by atoms with Gasteiger partial charge in [-0.25, -0.2) is 0 Å². The number of oxime groups is 1. The fourth-order valence-corrected chi connectivity index (χ4v) is 1.22. The molecule has 0 N–H and O–H groups in total. The van der Waals surface area contributed by atoms with E-state index in [1.807, 2.05) is 0 Å². The molecule has 1 aliphatic carbocycles. The maximum atomic E-state index is 11.1. The van der Waals surface area contributed by atoms with Gasteiger partial charge in [0.25, 0.3) is 0 Å². The molecule has 0 amide bonds. The van der Waals surface area contributed by atoms with Gasteiger partial charge >= 0.3 is 0 Å². The highest BCUT2D eigenvalue weighted by Gasteiger charge is 2.28. The summed E-state index contributed by atoms with van der Waals surface area (Å²) in [4.78, 5) is 26.7. The first-order valence-electron chi connectivity index (χ1n) is 3.88. The third-order valence-corrected chi connectivity index (χ3v) is 1.86. The van der Waals surface area contributed by atoms with Crippen LogP contribution in [0.2, 0.25) is 0 Å². The van der Waals surface area contributed by atoms with Crippen molar-refractivity contribution >= 4 is 17.8 Å². The first kappa shape index (κ1) is 8.90. The first-order chi connectivity index (χ1) is 5.75. The molecule has 0 heterocycles. The van der Waals surface area contributed by atoms with Crippen LogP contribution in [0.25, 0.3) is 0 Å². The molecular formula is C8H11NO3. The zero-order chi connectivity index (χ0) is 8.97. The van der Waals surface area contributed by atoms with Crippen molar-refractivity contribution in [1.29, 1.82) is 0 Å². The van der Waals surface area contributed by atoms with Crippen LogP contribution >= 0.6 is 0 Å². The molecule has 1 saturated carbocycles. The van der Waals surface area contributed by atoms with Crippen molar-refractivity contribution in [3.05, 3.63) is 0 Å². The number of rotatable bonds is 2. The molecule has 0 radical (unpaired) electrons. The molecule has 0 aromatic carbocycles. The minimum atomic E-state index is -0.654. The zero-order valence-electron chi connectivity index (χ0n) is 6.95. The molecule has 4 nitrogen and oxygen atoms in total. The van der Waals surface area contributed by atoms with Gasteiger partial charge in [0.05, 0.1) is 6.21 Å². The molecule has 0 aromatic heterocycles. The summed E-state index contributed by atoms with van der Waals surface area (Å²) in [6, 6.07) is 0. The smallest absolute Gasteiger partial charge is 0.148 e. The van der Waals surface area contributed by atoms with Crippen molar-refractivity contribution in [3.63, 3.8) is 0 Å². The predicted molar refractivity (Wildman–Crippen MR) is 42.9 cm³/mol. The molecule has 1 fully saturated rings. The largest absolute Gasteiger partial charge is 0.399 e. The predicted octanol–water partition coefficient (Wildman–Crippen LogP) is 0.557. The molecule has 12 heavy (non-hydrogen) atoms. The third kappa shape index (κ3) is 1.90. The van der Waals surface area contributed by atoms with Crippen LogP contribution in [-0.2, 0) is 14.4 Å². The Bertz CT molecular complexity index is 206. The van der Waals surface area contributed by atoms with Gasteiger partial charge < -0.3 is 4.84 Å². The lowest BCUT2D eigenvalue weighted by Gasteiger charge is -2.14. The van der Waals surface area contributed by atoms with Gasteiger partial charge in [0.15, 0.2) is 0 Å². The first-order valence-corrected chi connectivity index (χ1v) is 3.88. The lowest BCUT2D eigenvalue weighted by Crippen LogP contribution is -2.29. The zero-order valence-corrected chi connectivity index (χ0v) is 6.95. The highest BCUT2D eigenvalue weighted by atomic mass is 16.6. The minimum absolute atomic E-state index is 0.0490. The highest BCUT2D eigenvalue weighted by molar-refractivity contribution is 6.15. The fourth-order valence-electron chi connectivity index (χ4n) is 1.22. The monoisotopic (exact) mass is 169 g/mol. The maximum absolute atomic E-state index is 11.1. The van der Waals surface area contributed by atoms with E-state index < -0.39 is 5.92 Å². The average molecular weight is 169 g/mol. The van der Waals surface area contributed by atoms with Gasteiger partial charge in [-0.15, -0.1) is 0 Å². The Hall–Kier alpha value is -1.19. The molecular weight excluding hydrogens is 158 g/mol. The van der Waals surface area contributed by atoms with Gasteiger partial charge in [-0.05, 0) is 6.42 Å². The molecule has 0 atom stereocenters. The van der Waals surface area contributed by atoms with Crippen molar-refractivity contribution in [2.75, 3.05) is 7.11 Å². The van der Waals surface area contributed by atoms with Gasteiger partial charge in [0.2, 0.25) is 0 Å². The van der Waals surface area contributed by atoms with Crippen molar-refractivity contribution in [1.82, 2.24) is 0 Å². The fraction of sp³-hybridized carbons (Fsp3) is 0.625. The molecule has 0 aromatic rings. The van der Waals surface area contributed by atoms with Gasteiger partial charge in [0, 0.05) is 12.8 Å². The van der Waals surface area contributed by atoms with E-state index in [2.05, 4.69) is 9.99 Å². The van der Waals surface area contributed by atoms with Crippen molar-refractivity contribution in [2.45, 2.75) is 19.3 Å². The summed E-state index contributed by atoms with van der Waals surface area (Å²) in [6.45, 7) is 0. The summed E-state index contributed by atoms with van der Waals surface area (Å²) in [7, 11) is 1.38. The second-order valence-corrected chi connectivity index (χ2v) is 2.70. The number of Topliss-reactive ketones (excluding diaryl/α,β-unsaturated/α-hetero) is 2. The molecule has 4 heteroatoms. The summed E-state index contributed by atoms with van der Waals surface area (Å²) in [6.07, 6.45) is 2.91.